The van der Waals surface area contributed by atoms with Crippen LogP contribution < -0.4 is 19.7 Å². The van der Waals surface area contributed by atoms with Crippen LogP contribution in [0.5, 0.6) is 11.5 Å². The largest absolute Gasteiger partial charge is 0.455 e. The predicted molar refractivity (Wildman–Crippen MR) is 212 cm³/mol. The summed E-state index contributed by atoms with van der Waals surface area (Å²) in [6.07, 6.45) is 12.8. The lowest BCUT2D eigenvalue weighted by atomic mass is 9.60. The lowest BCUT2D eigenvalue weighted by molar-refractivity contribution is -0.384. The van der Waals surface area contributed by atoms with Crippen LogP contribution in [0.3, 0.4) is 0 Å². The van der Waals surface area contributed by atoms with Crippen LogP contribution in [0.25, 0.3) is 11.0 Å². The number of aromatic amines is 1. The average molecular weight is 807 g/mol. The fraction of sp³-hybridized carbons (Fsp3) is 0.513. The Morgan fingerprint density at radius 1 is 1.07 bits per heavy atom. The zero-order valence-electron chi connectivity index (χ0n) is 31.3. The summed E-state index contributed by atoms with van der Waals surface area (Å²) >= 11 is 6.35. The monoisotopic (exact) mass is 806 g/mol. The number of hydrogen-bond donors (Lipinski definition) is 3. The highest BCUT2D eigenvalue weighted by Gasteiger charge is 2.48. The van der Waals surface area contributed by atoms with Crippen molar-refractivity contribution in [2.75, 3.05) is 56.2 Å². The molecule has 3 N–H and O–H groups in total. The number of rotatable bonds is 11. The van der Waals surface area contributed by atoms with Crippen molar-refractivity contribution >= 4 is 55.8 Å². The molecule has 2 saturated heterocycles. The van der Waals surface area contributed by atoms with Crippen LogP contribution in [0, 0.1) is 27.4 Å². The highest BCUT2D eigenvalue weighted by Crippen LogP contribution is 2.51. The van der Waals surface area contributed by atoms with Gasteiger partial charge in [-0.05, 0) is 74.0 Å². The number of morpholine rings is 1. The van der Waals surface area contributed by atoms with Crippen LogP contribution in [0.15, 0.2) is 53.8 Å². The molecular formula is C39H47ClN8O7S. The van der Waals surface area contributed by atoms with E-state index in [-0.39, 0.29) is 17.1 Å². The lowest BCUT2D eigenvalue weighted by Gasteiger charge is -2.56. The Kier molecular flexibility index (Phi) is 10.8. The van der Waals surface area contributed by atoms with Crippen molar-refractivity contribution < 1.29 is 27.6 Å². The number of nitrogens with one attached hydrogen (secondary N) is 3. The summed E-state index contributed by atoms with van der Waals surface area (Å²) in [6, 6.07) is 8.28. The van der Waals surface area contributed by atoms with Gasteiger partial charge >= 0.3 is 5.69 Å². The smallest absolute Gasteiger partial charge is 0.312 e. The maximum absolute atomic E-state index is 13.8. The standard InChI is InChI=1S/C39H47ClN8O7S/c1-25-2-4-26(5-3-25)21-41-37-34(48(50)51)18-30(23-43-37)56(52,53)45-38(49)31-7-6-27(16-35(31)55-29-17-32-33(40)24-44-36(32)42-22-29)46-10-8-39(9-11-46)19-28(20-39)47-12-14-54-15-13-47/h6-7,16-18,22-26,28H,2-5,8-15,19-21H2,1H3,(H,41,43)(H,42,44)(H,45,49)/t25-,26+. The number of nitro groups is 1. The number of amides is 1. The first-order valence-corrected chi connectivity index (χ1v) is 21.3. The molecule has 1 aromatic carbocycles. The second kappa shape index (κ2) is 15.8. The first-order chi connectivity index (χ1) is 26.9. The molecule has 2 aliphatic heterocycles. The number of sulfonamides is 1. The normalized spacial score (nSPS) is 21.8. The van der Waals surface area contributed by atoms with Gasteiger partial charge in [-0.1, -0.05) is 31.4 Å². The molecule has 4 aromatic rings. The van der Waals surface area contributed by atoms with Gasteiger partial charge in [-0.15, -0.1) is 0 Å². The molecule has 56 heavy (non-hydrogen) atoms. The molecule has 4 aliphatic rings. The molecule has 1 amide bonds. The topological polar surface area (TPSA) is 185 Å². The summed E-state index contributed by atoms with van der Waals surface area (Å²) in [7, 11) is -4.60. The van der Waals surface area contributed by atoms with Crippen molar-refractivity contribution in [3.63, 3.8) is 0 Å². The van der Waals surface area contributed by atoms with E-state index in [2.05, 4.69) is 41.7 Å². The maximum atomic E-state index is 13.8. The van der Waals surface area contributed by atoms with Crippen LogP contribution in [0.1, 0.15) is 68.6 Å². The highest BCUT2D eigenvalue weighted by molar-refractivity contribution is 7.90. The minimum Gasteiger partial charge on any atom is -0.455 e. The number of fused-ring (bicyclic) bond motifs is 1. The van der Waals surface area contributed by atoms with E-state index in [0.29, 0.717) is 51.6 Å². The summed E-state index contributed by atoms with van der Waals surface area (Å²) in [4.78, 5) is 41.0. The summed E-state index contributed by atoms with van der Waals surface area (Å²) in [5, 5.41) is 16.2. The first kappa shape index (κ1) is 38.4. The van der Waals surface area contributed by atoms with Crippen molar-refractivity contribution in [3.8, 4) is 11.5 Å². The SMILES string of the molecule is C[C@H]1CC[C@@H](CNc2ncc(S(=O)(=O)NC(=O)c3ccc(N4CCC5(CC4)CC(N4CCOCC4)C5)cc3Oc3cnc4[nH]cc(Cl)c4c3)cc2[N+](=O)[O-])CC1. The van der Waals surface area contributed by atoms with E-state index in [0.717, 1.165) is 95.9 Å². The number of anilines is 2. The van der Waals surface area contributed by atoms with Crippen molar-refractivity contribution in [1.29, 1.82) is 0 Å². The van der Waals surface area contributed by atoms with Crippen molar-refractivity contribution in [2.24, 2.45) is 17.3 Å². The van der Waals surface area contributed by atoms with Gasteiger partial charge < -0.3 is 24.7 Å². The molecule has 8 rings (SSSR count). The van der Waals surface area contributed by atoms with E-state index >= 15 is 0 Å². The Bertz CT molecular complexity index is 2210. The van der Waals surface area contributed by atoms with Gasteiger partial charge in [-0.3, -0.25) is 19.8 Å². The molecule has 2 aliphatic carbocycles. The summed E-state index contributed by atoms with van der Waals surface area (Å²) in [5.41, 5.74) is 1.17. The lowest BCUT2D eigenvalue weighted by Crippen LogP contribution is -2.57. The summed E-state index contributed by atoms with van der Waals surface area (Å²) in [5.74, 6) is 0.417. The number of nitrogens with zero attached hydrogens (tertiary/aromatic N) is 5. The first-order valence-electron chi connectivity index (χ1n) is 19.4. The Hall–Kier alpha value is -4.51. The van der Waals surface area contributed by atoms with Gasteiger partial charge in [-0.25, -0.2) is 23.1 Å². The Labute approximate surface area is 330 Å². The minimum absolute atomic E-state index is 0.0175. The molecule has 17 heteroatoms. The van der Waals surface area contributed by atoms with Crippen LogP contribution in [-0.4, -0.2) is 91.1 Å². The molecule has 0 radical (unpaired) electrons. The fourth-order valence-corrected chi connectivity index (χ4v) is 9.90. The van der Waals surface area contributed by atoms with E-state index in [1.807, 2.05) is 0 Å². The molecule has 298 valence electrons. The van der Waals surface area contributed by atoms with E-state index < -0.39 is 31.4 Å². The molecule has 15 nitrogen and oxygen atoms in total. The number of hydrogen-bond acceptors (Lipinski definition) is 12. The number of ether oxygens (including phenoxy) is 2. The summed E-state index contributed by atoms with van der Waals surface area (Å²) < 4.78 is 41.1. The number of H-pyrrole nitrogens is 1. The quantitative estimate of drug-likeness (QED) is 0.107. The molecule has 2 saturated carbocycles. The Morgan fingerprint density at radius 2 is 1.82 bits per heavy atom. The van der Waals surface area contributed by atoms with Crippen molar-refractivity contribution in [1.82, 2.24) is 24.6 Å². The zero-order valence-corrected chi connectivity index (χ0v) is 32.9. The molecule has 3 aromatic heterocycles. The molecule has 1 spiro atoms. The van der Waals surface area contributed by atoms with Gasteiger partial charge in [0.15, 0.2) is 0 Å². The number of pyridine rings is 2. The van der Waals surface area contributed by atoms with Crippen LogP contribution in [0.4, 0.5) is 17.2 Å². The number of carbonyl (C=O) groups is 1. The van der Waals surface area contributed by atoms with Crippen LogP contribution in [0.2, 0.25) is 5.02 Å². The molecule has 0 bridgehead atoms. The van der Waals surface area contributed by atoms with E-state index in [1.54, 1.807) is 24.4 Å². The van der Waals surface area contributed by atoms with Gasteiger partial charge in [0.2, 0.25) is 5.82 Å². The second-order valence-corrected chi connectivity index (χ2v) is 18.0. The molecule has 0 unspecified atom stereocenters. The van der Waals surface area contributed by atoms with Gasteiger partial charge in [0.25, 0.3) is 15.9 Å². The van der Waals surface area contributed by atoms with E-state index in [9.17, 15) is 23.3 Å². The second-order valence-electron chi connectivity index (χ2n) is 15.9. The maximum Gasteiger partial charge on any atom is 0.312 e. The van der Waals surface area contributed by atoms with Crippen LogP contribution in [-0.2, 0) is 14.8 Å². The number of piperidine rings is 1. The molecule has 5 heterocycles. The van der Waals surface area contributed by atoms with E-state index in [4.69, 9.17) is 21.1 Å². The number of carbonyl (C=O) groups excluding carboxylic acids is 1. The number of aromatic nitrogens is 3. The molecule has 0 atom stereocenters. The van der Waals surface area contributed by atoms with Gasteiger partial charge in [0.1, 0.15) is 22.0 Å². The predicted octanol–water partition coefficient (Wildman–Crippen LogP) is 6.75. The highest BCUT2D eigenvalue weighted by atomic mass is 35.5. The van der Waals surface area contributed by atoms with Gasteiger partial charge in [-0.2, -0.15) is 0 Å². The number of benzene rings is 1. The Morgan fingerprint density at radius 3 is 2.55 bits per heavy atom. The third-order valence-corrected chi connectivity index (χ3v) is 13.9. The summed E-state index contributed by atoms with van der Waals surface area (Å²) in [6.45, 7) is 7.97. The van der Waals surface area contributed by atoms with Crippen LogP contribution >= 0.6 is 11.6 Å². The van der Waals surface area contributed by atoms with E-state index in [1.165, 1.54) is 25.1 Å². The number of halogens is 1. The Balaban J connectivity index is 1.00. The van der Waals surface area contributed by atoms with Crippen molar-refractivity contribution in [3.05, 3.63) is 69.6 Å². The third kappa shape index (κ3) is 8.15. The molecular weight excluding hydrogens is 760 g/mol. The average Bonchev–Trinajstić information content (AvgIpc) is 3.56. The minimum atomic E-state index is -4.60. The van der Waals surface area contributed by atoms with Crippen molar-refractivity contribution in [2.45, 2.75) is 69.2 Å². The molecule has 4 fully saturated rings. The van der Waals surface area contributed by atoms with Gasteiger partial charge in [0, 0.05) is 68.2 Å². The van der Waals surface area contributed by atoms with Gasteiger partial charge in [0.05, 0.1) is 41.1 Å². The fourth-order valence-electron chi connectivity index (χ4n) is 8.77. The zero-order chi connectivity index (χ0) is 39.0. The third-order valence-electron chi connectivity index (χ3n) is 12.3.